The number of ether oxygens (including phenoxy) is 1. The van der Waals surface area contributed by atoms with Crippen LogP contribution in [0.2, 0.25) is 5.02 Å². The number of nitrogens with two attached hydrogens (primary N) is 1. The molecule has 0 spiro atoms. The van der Waals surface area contributed by atoms with E-state index in [9.17, 15) is 0 Å². The Morgan fingerprint density at radius 2 is 2.20 bits per heavy atom. The Balaban J connectivity index is 2.52. The van der Waals surface area contributed by atoms with E-state index in [-0.39, 0.29) is 0 Å². The van der Waals surface area contributed by atoms with E-state index in [1.54, 1.807) is 0 Å². The Bertz CT molecular complexity index is 447. The normalized spacial score (nSPS) is 11.8. The maximum absolute atomic E-state index is 6.02. The lowest BCUT2D eigenvalue weighted by Crippen LogP contribution is -2.33. The van der Waals surface area contributed by atoms with Crippen molar-refractivity contribution in [3.05, 3.63) is 28.8 Å². The van der Waals surface area contributed by atoms with Crippen LogP contribution in [0.4, 0.5) is 0 Å². The summed E-state index contributed by atoms with van der Waals surface area (Å²) in [4.78, 5) is 4.26. The van der Waals surface area contributed by atoms with Crippen molar-refractivity contribution in [3.63, 3.8) is 0 Å². The van der Waals surface area contributed by atoms with E-state index >= 15 is 0 Å². The molecule has 0 saturated carbocycles. The standard InChI is InChI=1S/C15H24ClN3O/c1-4-20-14-6-5-13(16)9-12(14)7-8-18-15(17)19-10-11(2)3/h5-6,9,11H,4,7-8,10H2,1-3H3,(H3,17,18,19). The van der Waals surface area contributed by atoms with E-state index < -0.39 is 0 Å². The molecule has 1 rings (SSSR count). The summed E-state index contributed by atoms with van der Waals surface area (Å²) in [6, 6.07) is 5.66. The first-order chi connectivity index (χ1) is 9.52. The summed E-state index contributed by atoms with van der Waals surface area (Å²) in [5.74, 6) is 1.86. The van der Waals surface area contributed by atoms with Crippen molar-refractivity contribution in [1.82, 2.24) is 5.32 Å². The molecule has 3 N–H and O–H groups in total. The highest BCUT2D eigenvalue weighted by molar-refractivity contribution is 6.30. The summed E-state index contributed by atoms with van der Waals surface area (Å²) >= 11 is 6.02. The van der Waals surface area contributed by atoms with Gasteiger partial charge in [0.05, 0.1) is 6.61 Å². The third-order valence-corrected chi connectivity index (χ3v) is 2.88. The Morgan fingerprint density at radius 3 is 2.85 bits per heavy atom. The molecule has 0 atom stereocenters. The first-order valence-electron chi connectivity index (χ1n) is 6.98. The van der Waals surface area contributed by atoms with Crippen LogP contribution in [-0.2, 0) is 6.42 Å². The fourth-order valence-electron chi connectivity index (χ4n) is 1.70. The van der Waals surface area contributed by atoms with Gasteiger partial charge < -0.3 is 15.8 Å². The zero-order chi connectivity index (χ0) is 15.0. The minimum Gasteiger partial charge on any atom is -0.494 e. The largest absolute Gasteiger partial charge is 0.494 e. The summed E-state index contributed by atoms with van der Waals surface area (Å²) in [5, 5.41) is 3.82. The van der Waals surface area contributed by atoms with Gasteiger partial charge in [0.15, 0.2) is 5.96 Å². The molecule has 0 aliphatic carbocycles. The number of halogens is 1. The van der Waals surface area contributed by atoms with E-state index in [1.165, 1.54) is 0 Å². The van der Waals surface area contributed by atoms with Crippen LogP contribution < -0.4 is 15.8 Å². The molecule has 0 aliphatic rings. The average Bonchev–Trinajstić information content (AvgIpc) is 2.39. The summed E-state index contributed by atoms with van der Waals surface area (Å²) in [6.07, 6.45) is 0.786. The van der Waals surface area contributed by atoms with Crippen LogP contribution in [0.15, 0.2) is 23.2 Å². The molecule has 20 heavy (non-hydrogen) atoms. The van der Waals surface area contributed by atoms with Crippen LogP contribution in [0.1, 0.15) is 26.3 Å². The second-order valence-electron chi connectivity index (χ2n) is 4.98. The highest BCUT2D eigenvalue weighted by Crippen LogP contribution is 2.23. The Hall–Kier alpha value is -1.42. The van der Waals surface area contributed by atoms with Gasteiger partial charge in [-0.1, -0.05) is 25.4 Å². The monoisotopic (exact) mass is 297 g/mol. The summed E-state index contributed by atoms with van der Waals surface area (Å²) in [5.41, 5.74) is 6.87. The minimum atomic E-state index is 0.485. The molecule has 0 radical (unpaired) electrons. The molecule has 1 aromatic carbocycles. The highest BCUT2D eigenvalue weighted by atomic mass is 35.5. The fraction of sp³-hybridized carbons (Fsp3) is 0.533. The van der Waals surface area contributed by atoms with Crippen molar-refractivity contribution in [2.45, 2.75) is 27.2 Å². The van der Waals surface area contributed by atoms with E-state index in [0.717, 1.165) is 24.3 Å². The van der Waals surface area contributed by atoms with Crippen molar-refractivity contribution in [2.24, 2.45) is 16.6 Å². The van der Waals surface area contributed by atoms with Crippen molar-refractivity contribution in [1.29, 1.82) is 0 Å². The van der Waals surface area contributed by atoms with E-state index in [0.29, 0.717) is 30.1 Å². The van der Waals surface area contributed by atoms with Gasteiger partial charge >= 0.3 is 0 Å². The second-order valence-corrected chi connectivity index (χ2v) is 5.42. The zero-order valence-corrected chi connectivity index (χ0v) is 13.2. The number of nitrogens with one attached hydrogen (secondary N) is 1. The fourth-order valence-corrected chi connectivity index (χ4v) is 1.90. The number of nitrogens with zero attached hydrogens (tertiary/aromatic N) is 1. The van der Waals surface area contributed by atoms with E-state index in [1.807, 2.05) is 25.1 Å². The molecule has 1 aromatic rings. The minimum absolute atomic E-state index is 0.485. The van der Waals surface area contributed by atoms with E-state index in [2.05, 4.69) is 24.2 Å². The smallest absolute Gasteiger partial charge is 0.188 e. The zero-order valence-electron chi connectivity index (χ0n) is 12.4. The van der Waals surface area contributed by atoms with Crippen LogP contribution >= 0.6 is 11.6 Å². The lowest BCUT2D eigenvalue weighted by molar-refractivity contribution is 0.336. The Morgan fingerprint density at radius 1 is 1.45 bits per heavy atom. The third-order valence-electron chi connectivity index (χ3n) is 2.65. The molecule has 5 heteroatoms. The van der Waals surface area contributed by atoms with Gasteiger partial charge in [0.25, 0.3) is 0 Å². The molecular formula is C15H24ClN3O. The summed E-state index contributed by atoms with van der Waals surface area (Å²) in [7, 11) is 0. The van der Waals surface area contributed by atoms with Crippen LogP contribution in [-0.4, -0.2) is 25.7 Å². The molecule has 0 unspecified atom stereocenters. The number of benzene rings is 1. The van der Waals surface area contributed by atoms with Crippen molar-refractivity contribution < 1.29 is 4.74 Å². The predicted molar refractivity (Wildman–Crippen MR) is 85.7 cm³/mol. The lowest BCUT2D eigenvalue weighted by Gasteiger charge is -2.11. The Kier molecular flexibility index (Phi) is 7.23. The molecule has 0 amide bonds. The van der Waals surface area contributed by atoms with E-state index in [4.69, 9.17) is 22.1 Å². The molecule has 0 saturated heterocycles. The van der Waals surface area contributed by atoms with Gasteiger partial charge in [-0.05, 0) is 43.0 Å². The maximum atomic E-state index is 6.02. The molecule has 0 heterocycles. The maximum Gasteiger partial charge on any atom is 0.188 e. The molecule has 4 nitrogen and oxygen atoms in total. The molecule has 0 aromatic heterocycles. The molecule has 0 aliphatic heterocycles. The van der Waals surface area contributed by atoms with Gasteiger partial charge in [-0.15, -0.1) is 0 Å². The summed E-state index contributed by atoms with van der Waals surface area (Å²) < 4.78 is 5.58. The SMILES string of the molecule is CCOc1ccc(Cl)cc1CCNC(N)=NCC(C)C. The van der Waals surface area contributed by atoms with Crippen LogP contribution in [0.3, 0.4) is 0 Å². The molecule has 112 valence electrons. The topological polar surface area (TPSA) is 59.6 Å². The van der Waals surface area contributed by atoms with Gasteiger partial charge in [-0.25, -0.2) is 0 Å². The van der Waals surface area contributed by atoms with Gasteiger partial charge in [0.1, 0.15) is 5.75 Å². The number of hydrogen-bond donors (Lipinski definition) is 2. The number of hydrogen-bond acceptors (Lipinski definition) is 2. The van der Waals surface area contributed by atoms with Gasteiger partial charge in [-0.2, -0.15) is 0 Å². The first-order valence-corrected chi connectivity index (χ1v) is 7.35. The van der Waals surface area contributed by atoms with Crippen molar-refractivity contribution in [2.75, 3.05) is 19.7 Å². The van der Waals surface area contributed by atoms with Crippen LogP contribution in [0, 0.1) is 5.92 Å². The molecular weight excluding hydrogens is 274 g/mol. The highest BCUT2D eigenvalue weighted by Gasteiger charge is 2.04. The van der Waals surface area contributed by atoms with Gasteiger partial charge in [-0.3, -0.25) is 4.99 Å². The third kappa shape index (κ3) is 6.15. The number of aliphatic imine (C=N–C) groups is 1. The summed E-state index contributed by atoms with van der Waals surface area (Å²) in [6.45, 7) is 8.26. The number of guanidine groups is 1. The van der Waals surface area contributed by atoms with Crippen molar-refractivity contribution >= 4 is 17.6 Å². The average molecular weight is 298 g/mol. The number of rotatable bonds is 7. The first kappa shape index (κ1) is 16.6. The van der Waals surface area contributed by atoms with Crippen molar-refractivity contribution in [3.8, 4) is 5.75 Å². The molecule has 0 bridgehead atoms. The van der Waals surface area contributed by atoms with Crippen LogP contribution in [0.5, 0.6) is 5.75 Å². The second kappa shape index (κ2) is 8.69. The lowest BCUT2D eigenvalue weighted by atomic mass is 10.1. The van der Waals surface area contributed by atoms with Crippen LogP contribution in [0.25, 0.3) is 0 Å². The predicted octanol–water partition coefficient (Wildman–Crippen LogP) is 2.84. The van der Waals surface area contributed by atoms with Gasteiger partial charge in [0, 0.05) is 18.1 Å². The Labute approximate surface area is 126 Å². The molecule has 0 fully saturated rings. The van der Waals surface area contributed by atoms with Gasteiger partial charge in [0.2, 0.25) is 0 Å². The quantitative estimate of drug-likeness (QED) is 0.601.